The fraction of sp³-hybridized carbons (Fsp3) is 0.500. The molecule has 4 rings (SSSR count). The summed E-state index contributed by atoms with van der Waals surface area (Å²) in [4.78, 5) is 48.2. The van der Waals surface area contributed by atoms with E-state index >= 15 is 0 Å². The van der Waals surface area contributed by atoms with Gasteiger partial charge in [-0.2, -0.15) is 0 Å². The summed E-state index contributed by atoms with van der Waals surface area (Å²) in [6.07, 6.45) is 5.89. The highest BCUT2D eigenvalue weighted by molar-refractivity contribution is 7.15. The number of hydrogen-bond donors (Lipinski definition) is 1. The van der Waals surface area contributed by atoms with E-state index in [0.717, 1.165) is 22.9 Å². The van der Waals surface area contributed by atoms with Crippen LogP contribution in [0.25, 0.3) is 0 Å². The normalized spacial score (nSPS) is 20.0. The van der Waals surface area contributed by atoms with Crippen molar-refractivity contribution in [1.29, 1.82) is 0 Å². The Morgan fingerprint density at radius 3 is 2.50 bits per heavy atom. The third kappa shape index (κ3) is 4.61. The van der Waals surface area contributed by atoms with Crippen LogP contribution in [0.1, 0.15) is 72.0 Å². The fourth-order valence-corrected chi connectivity index (χ4v) is 5.33. The Morgan fingerprint density at radius 2 is 1.88 bits per heavy atom. The minimum atomic E-state index is -0.878. The smallest absolute Gasteiger partial charge is 0.262 e. The standard InChI is InChI=1S/C24H30N4O3S/c1-15(2)12-20(28-22(30)18-9-4-5-10-19(18)23(28)31)21(29)26-24-25-13-17(32-24)14-27-11-7-6-8-16(27)3/h4-5,9-10,13,15-16,20H,6-8,11-12,14H2,1-3H3,(H,25,26,29). The lowest BCUT2D eigenvalue weighted by atomic mass is 10.0. The Balaban J connectivity index is 1.48. The molecule has 2 aromatic rings. The predicted octanol–water partition coefficient (Wildman–Crippen LogP) is 4.17. The van der Waals surface area contributed by atoms with Gasteiger partial charge < -0.3 is 5.32 Å². The average Bonchev–Trinajstić information content (AvgIpc) is 3.30. The summed E-state index contributed by atoms with van der Waals surface area (Å²) in [5.41, 5.74) is 0.706. The molecule has 1 N–H and O–H groups in total. The minimum Gasteiger partial charge on any atom is -0.300 e. The molecule has 0 spiro atoms. The van der Waals surface area contributed by atoms with E-state index in [1.54, 1.807) is 30.5 Å². The number of rotatable bonds is 7. The van der Waals surface area contributed by atoms with Crippen LogP contribution in [0.3, 0.4) is 0 Å². The summed E-state index contributed by atoms with van der Waals surface area (Å²) in [5.74, 6) is -1.07. The predicted molar refractivity (Wildman–Crippen MR) is 125 cm³/mol. The summed E-state index contributed by atoms with van der Waals surface area (Å²) < 4.78 is 0. The number of thiazole rings is 1. The third-order valence-electron chi connectivity index (χ3n) is 6.22. The maximum atomic E-state index is 13.2. The zero-order chi connectivity index (χ0) is 22.8. The summed E-state index contributed by atoms with van der Waals surface area (Å²) in [6, 6.07) is 6.39. The van der Waals surface area contributed by atoms with Crippen molar-refractivity contribution in [3.05, 3.63) is 46.5 Å². The van der Waals surface area contributed by atoms with Crippen molar-refractivity contribution in [2.24, 2.45) is 5.92 Å². The number of nitrogens with one attached hydrogen (secondary N) is 1. The van der Waals surface area contributed by atoms with Crippen molar-refractivity contribution < 1.29 is 14.4 Å². The number of anilines is 1. The number of benzene rings is 1. The summed E-state index contributed by atoms with van der Waals surface area (Å²) in [7, 11) is 0. The molecule has 3 amide bonds. The second kappa shape index (κ2) is 9.50. The van der Waals surface area contributed by atoms with Gasteiger partial charge in [-0.15, -0.1) is 11.3 Å². The number of likely N-dealkylation sites (tertiary alicyclic amines) is 1. The van der Waals surface area contributed by atoms with E-state index in [-0.39, 0.29) is 11.8 Å². The van der Waals surface area contributed by atoms with E-state index in [2.05, 4.69) is 22.1 Å². The van der Waals surface area contributed by atoms with Crippen LogP contribution in [0.5, 0.6) is 0 Å². The van der Waals surface area contributed by atoms with Crippen LogP contribution in [0.15, 0.2) is 30.5 Å². The van der Waals surface area contributed by atoms with Crippen LogP contribution in [-0.4, -0.2) is 51.1 Å². The maximum absolute atomic E-state index is 13.2. The van der Waals surface area contributed by atoms with Crippen LogP contribution in [-0.2, 0) is 11.3 Å². The highest BCUT2D eigenvalue weighted by Crippen LogP contribution is 2.29. The molecule has 0 bridgehead atoms. The van der Waals surface area contributed by atoms with Gasteiger partial charge in [-0.05, 0) is 50.8 Å². The minimum absolute atomic E-state index is 0.127. The molecular weight excluding hydrogens is 424 g/mol. The third-order valence-corrected chi connectivity index (χ3v) is 7.12. The molecule has 0 aliphatic carbocycles. The van der Waals surface area contributed by atoms with Gasteiger partial charge in [0.15, 0.2) is 5.13 Å². The molecule has 2 atom stereocenters. The second-order valence-corrected chi connectivity index (χ2v) is 10.2. The first-order valence-corrected chi connectivity index (χ1v) is 12.1. The largest absolute Gasteiger partial charge is 0.300 e. The number of carbonyl (C=O) groups excluding carboxylic acids is 3. The molecule has 0 saturated carbocycles. The van der Waals surface area contributed by atoms with Gasteiger partial charge in [0.05, 0.1) is 11.1 Å². The van der Waals surface area contributed by atoms with Crippen LogP contribution < -0.4 is 5.32 Å². The van der Waals surface area contributed by atoms with E-state index in [9.17, 15) is 14.4 Å². The number of nitrogens with zero attached hydrogens (tertiary/aromatic N) is 3. The number of amides is 3. The molecule has 170 valence electrons. The van der Waals surface area contributed by atoms with Gasteiger partial charge in [0.2, 0.25) is 5.91 Å². The number of piperidine rings is 1. The lowest BCUT2D eigenvalue weighted by Gasteiger charge is -2.32. The number of fused-ring (bicyclic) bond motifs is 1. The Morgan fingerprint density at radius 1 is 1.19 bits per heavy atom. The monoisotopic (exact) mass is 454 g/mol. The molecule has 1 aromatic heterocycles. The molecule has 7 nitrogen and oxygen atoms in total. The van der Waals surface area contributed by atoms with Crippen LogP contribution in [0.4, 0.5) is 5.13 Å². The highest BCUT2D eigenvalue weighted by Gasteiger charge is 2.42. The highest BCUT2D eigenvalue weighted by atomic mass is 32.1. The summed E-state index contributed by atoms with van der Waals surface area (Å²) in [6.45, 7) is 8.10. The van der Waals surface area contributed by atoms with Gasteiger partial charge >= 0.3 is 0 Å². The van der Waals surface area contributed by atoms with E-state index in [1.165, 1.54) is 30.6 Å². The van der Waals surface area contributed by atoms with Crippen molar-refractivity contribution in [3.63, 3.8) is 0 Å². The molecule has 3 heterocycles. The summed E-state index contributed by atoms with van der Waals surface area (Å²) >= 11 is 1.45. The van der Waals surface area contributed by atoms with Gasteiger partial charge in [-0.3, -0.25) is 24.2 Å². The van der Waals surface area contributed by atoms with Crippen molar-refractivity contribution in [3.8, 4) is 0 Å². The molecular formula is C24H30N4O3S. The molecule has 1 saturated heterocycles. The van der Waals surface area contributed by atoms with E-state index in [0.29, 0.717) is 28.7 Å². The van der Waals surface area contributed by atoms with Crippen molar-refractivity contribution >= 4 is 34.2 Å². The molecule has 1 aromatic carbocycles. The number of hydrogen-bond acceptors (Lipinski definition) is 6. The number of imide groups is 1. The lowest BCUT2D eigenvalue weighted by molar-refractivity contribution is -0.120. The first kappa shape index (κ1) is 22.6. The molecule has 32 heavy (non-hydrogen) atoms. The van der Waals surface area contributed by atoms with E-state index < -0.39 is 17.9 Å². The first-order valence-electron chi connectivity index (χ1n) is 11.3. The van der Waals surface area contributed by atoms with Crippen molar-refractivity contribution in [1.82, 2.24) is 14.8 Å². The molecule has 2 unspecified atom stereocenters. The molecule has 8 heteroatoms. The maximum Gasteiger partial charge on any atom is 0.262 e. The van der Waals surface area contributed by atoms with Crippen molar-refractivity contribution in [2.45, 2.75) is 65.1 Å². The zero-order valence-electron chi connectivity index (χ0n) is 18.8. The van der Waals surface area contributed by atoms with Crippen molar-refractivity contribution in [2.75, 3.05) is 11.9 Å². The second-order valence-electron chi connectivity index (χ2n) is 9.11. The van der Waals surface area contributed by atoms with E-state index in [1.807, 2.05) is 13.8 Å². The van der Waals surface area contributed by atoms with Gasteiger partial charge in [0, 0.05) is 23.7 Å². The molecule has 0 radical (unpaired) electrons. The Labute approximate surface area is 192 Å². The van der Waals surface area contributed by atoms with Crippen LogP contribution >= 0.6 is 11.3 Å². The van der Waals surface area contributed by atoms with Gasteiger partial charge in [0.1, 0.15) is 6.04 Å². The average molecular weight is 455 g/mol. The van der Waals surface area contributed by atoms with Gasteiger partial charge in [0.25, 0.3) is 11.8 Å². The quantitative estimate of drug-likeness (QED) is 0.635. The van der Waals surface area contributed by atoms with Gasteiger partial charge in [-0.25, -0.2) is 4.98 Å². The molecule has 2 aliphatic heterocycles. The molecule has 2 aliphatic rings. The molecule has 1 fully saturated rings. The van der Waals surface area contributed by atoms with Crippen LogP contribution in [0.2, 0.25) is 0 Å². The topological polar surface area (TPSA) is 82.6 Å². The Kier molecular flexibility index (Phi) is 6.71. The SMILES string of the molecule is CC(C)CC(C(=O)Nc1ncc(CN2CCCCC2C)s1)N1C(=O)c2ccccc2C1=O. The lowest BCUT2D eigenvalue weighted by Crippen LogP contribution is -2.47. The van der Waals surface area contributed by atoms with E-state index in [4.69, 9.17) is 0 Å². The first-order chi connectivity index (χ1) is 15.3. The number of carbonyl (C=O) groups is 3. The Bertz CT molecular complexity index is 983. The zero-order valence-corrected chi connectivity index (χ0v) is 19.7. The number of aromatic nitrogens is 1. The van der Waals surface area contributed by atoms with Crippen LogP contribution in [0, 0.1) is 5.92 Å². The fourth-order valence-electron chi connectivity index (χ4n) is 4.49. The van der Waals surface area contributed by atoms with Gasteiger partial charge in [-0.1, -0.05) is 32.4 Å². The Hall–Kier alpha value is -2.58. The summed E-state index contributed by atoms with van der Waals surface area (Å²) in [5, 5.41) is 3.36.